The van der Waals surface area contributed by atoms with E-state index in [-0.39, 0.29) is 23.3 Å². The lowest BCUT2D eigenvalue weighted by atomic mass is 9.94. The lowest BCUT2D eigenvalue weighted by molar-refractivity contribution is 0.0296. The highest BCUT2D eigenvalue weighted by atomic mass is 16.4. The number of hydrogen-bond acceptors (Lipinski definition) is 6. The molecule has 29 heavy (non-hydrogen) atoms. The molecule has 2 atom stereocenters. The van der Waals surface area contributed by atoms with Crippen LogP contribution in [0.25, 0.3) is 0 Å². The largest absolute Gasteiger partial charge is 0.476 e. The molecule has 1 fully saturated rings. The maximum atomic E-state index is 13.1. The van der Waals surface area contributed by atoms with E-state index in [9.17, 15) is 9.59 Å². The number of carbonyl (C=O) groups is 2. The van der Waals surface area contributed by atoms with E-state index >= 15 is 0 Å². The molecule has 0 saturated carbocycles. The molecule has 0 aliphatic carbocycles. The van der Waals surface area contributed by atoms with Gasteiger partial charge in [0.2, 0.25) is 0 Å². The quantitative estimate of drug-likeness (QED) is 0.798. The lowest BCUT2D eigenvalue weighted by Crippen LogP contribution is -2.57. The fourth-order valence-electron chi connectivity index (χ4n) is 3.57. The van der Waals surface area contributed by atoms with Crippen LogP contribution in [-0.2, 0) is 6.54 Å². The van der Waals surface area contributed by atoms with E-state index in [1.54, 1.807) is 0 Å². The van der Waals surface area contributed by atoms with Gasteiger partial charge >= 0.3 is 5.97 Å². The molecule has 1 aliphatic rings. The van der Waals surface area contributed by atoms with Gasteiger partial charge < -0.3 is 10.0 Å². The van der Waals surface area contributed by atoms with Gasteiger partial charge in [0.1, 0.15) is 5.69 Å². The molecule has 2 unspecified atom stereocenters. The van der Waals surface area contributed by atoms with Gasteiger partial charge in [-0.1, -0.05) is 26.3 Å². The number of aromatic nitrogens is 3. The van der Waals surface area contributed by atoms with Crippen molar-refractivity contribution in [1.82, 2.24) is 24.8 Å². The standard InChI is InChI=1S/C21H27N5O3/c1-4-14(2)19-13-25(12-16-6-5-15(3)22-9-16)7-8-26(19)20(27)17-10-24-18(11-23-17)21(28)29/h5-6,9-11,14,19H,4,7-8,12-13H2,1-3H3,(H,28,29). The second-order valence-corrected chi connectivity index (χ2v) is 7.59. The molecular weight excluding hydrogens is 370 g/mol. The van der Waals surface area contributed by atoms with Crippen molar-refractivity contribution in [2.24, 2.45) is 5.92 Å². The third kappa shape index (κ3) is 4.95. The summed E-state index contributed by atoms with van der Waals surface area (Å²) in [4.78, 5) is 40.5. The minimum absolute atomic E-state index is 0.0561. The number of aryl methyl sites for hydroxylation is 1. The van der Waals surface area contributed by atoms with Gasteiger partial charge in [-0.2, -0.15) is 0 Å². The Morgan fingerprint density at radius 3 is 2.45 bits per heavy atom. The molecular formula is C21H27N5O3. The van der Waals surface area contributed by atoms with E-state index in [0.717, 1.165) is 43.5 Å². The summed E-state index contributed by atoms with van der Waals surface area (Å²) in [6, 6.07) is 4.17. The number of rotatable bonds is 6. The van der Waals surface area contributed by atoms with E-state index in [1.807, 2.05) is 24.1 Å². The molecule has 0 spiro atoms. The van der Waals surface area contributed by atoms with Gasteiger partial charge in [0.05, 0.1) is 12.4 Å². The summed E-state index contributed by atoms with van der Waals surface area (Å²) >= 11 is 0. The van der Waals surface area contributed by atoms with Gasteiger partial charge in [0.15, 0.2) is 5.69 Å². The second kappa shape index (κ2) is 9.09. The number of piperazine rings is 1. The van der Waals surface area contributed by atoms with Crippen LogP contribution in [0.4, 0.5) is 0 Å². The van der Waals surface area contributed by atoms with Crippen LogP contribution in [0.5, 0.6) is 0 Å². The van der Waals surface area contributed by atoms with Gasteiger partial charge in [-0.15, -0.1) is 0 Å². The molecule has 8 heteroatoms. The van der Waals surface area contributed by atoms with Crippen molar-refractivity contribution >= 4 is 11.9 Å². The SMILES string of the molecule is CCC(C)C1CN(Cc2ccc(C)nc2)CCN1C(=O)c1cnc(C(=O)O)cn1. The molecule has 1 saturated heterocycles. The molecule has 8 nitrogen and oxygen atoms in total. The minimum atomic E-state index is -1.16. The minimum Gasteiger partial charge on any atom is -0.476 e. The second-order valence-electron chi connectivity index (χ2n) is 7.59. The smallest absolute Gasteiger partial charge is 0.356 e. The first kappa shape index (κ1) is 20.9. The summed E-state index contributed by atoms with van der Waals surface area (Å²) in [7, 11) is 0. The Kier molecular flexibility index (Phi) is 6.53. The third-order valence-electron chi connectivity index (χ3n) is 5.53. The van der Waals surface area contributed by atoms with Crippen LogP contribution in [0.15, 0.2) is 30.7 Å². The average Bonchev–Trinajstić information content (AvgIpc) is 2.74. The van der Waals surface area contributed by atoms with Crippen LogP contribution in [0.2, 0.25) is 0 Å². The zero-order valence-electron chi connectivity index (χ0n) is 17.1. The number of carboxylic acid groups (broad SMARTS) is 1. The van der Waals surface area contributed by atoms with Crippen LogP contribution >= 0.6 is 0 Å². The van der Waals surface area contributed by atoms with Gasteiger partial charge in [-0.05, 0) is 24.5 Å². The molecule has 1 N–H and O–H groups in total. The zero-order chi connectivity index (χ0) is 21.0. The highest BCUT2D eigenvalue weighted by Gasteiger charge is 2.34. The predicted octanol–water partition coefficient (Wildman–Crippen LogP) is 2.25. The summed E-state index contributed by atoms with van der Waals surface area (Å²) < 4.78 is 0. The van der Waals surface area contributed by atoms with Crippen molar-refractivity contribution in [1.29, 1.82) is 0 Å². The Hall–Kier alpha value is -2.87. The van der Waals surface area contributed by atoms with Gasteiger partial charge in [-0.3, -0.25) is 14.7 Å². The highest BCUT2D eigenvalue weighted by Crippen LogP contribution is 2.23. The lowest BCUT2D eigenvalue weighted by Gasteiger charge is -2.44. The van der Waals surface area contributed by atoms with E-state index in [1.165, 1.54) is 6.20 Å². The van der Waals surface area contributed by atoms with Gasteiger partial charge in [0, 0.05) is 44.1 Å². The molecule has 3 heterocycles. The van der Waals surface area contributed by atoms with Crippen molar-refractivity contribution in [2.45, 2.75) is 39.8 Å². The van der Waals surface area contributed by atoms with Crippen molar-refractivity contribution in [3.8, 4) is 0 Å². The zero-order valence-corrected chi connectivity index (χ0v) is 17.1. The maximum Gasteiger partial charge on any atom is 0.356 e. The summed E-state index contributed by atoms with van der Waals surface area (Å²) in [5, 5.41) is 8.97. The number of nitrogens with zero attached hydrogens (tertiary/aromatic N) is 5. The van der Waals surface area contributed by atoms with Crippen molar-refractivity contribution < 1.29 is 14.7 Å². The predicted molar refractivity (Wildman–Crippen MR) is 108 cm³/mol. The summed E-state index contributed by atoms with van der Waals surface area (Å²) in [6.45, 7) is 9.17. The van der Waals surface area contributed by atoms with Crippen molar-refractivity contribution in [3.05, 3.63) is 53.4 Å². The summed E-state index contributed by atoms with van der Waals surface area (Å²) in [5.74, 6) is -1.03. The molecule has 0 aromatic carbocycles. The Bertz CT molecular complexity index is 854. The fourth-order valence-corrected chi connectivity index (χ4v) is 3.57. The Morgan fingerprint density at radius 2 is 1.86 bits per heavy atom. The molecule has 0 radical (unpaired) electrons. The van der Waals surface area contributed by atoms with Crippen LogP contribution in [0, 0.1) is 12.8 Å². The summed E-state index contributed by atoms with van der Waals surface area (Å²) in [5.41, 5.74) is 2.17. The number of amides is 1. The van der Waals surface area contributed by atoms with Crippen LogP contribution < -0.4 is 0 Å². The number of aromatic carboxylic acids is 1. The molecule has 2 aromatic heterocycles. The topological polar surface area (TPSA) is 99.5 Å². The van der Waals surface area contributed by atoms with E-state index in [2.05, 4.69) is 39.8 Å². The van der Waals surface area contributed by atoms with E-state index < -0.39 is 5.97 Å². The van der Waals surface area contributed by atoms with Crippen molar-refractivity contribution in [3.63, 3.8) is 0 Å². The first-order valence-corrected chi connectivity index (χ1v) is 9.89. The van der Waals surface area contributed by atoms with Gasteiger partial charge in [0.25, 0.3) is 5.91 Å². The van der Waals surface area contributed by atoms with E-state index in [0.29, 0.717) is 12.5 Å². The highest BCUT2D eigenvalue weighted by molar-refractivity contribution is 5.93. The molecule has 1 amide bonds. The Morgan fingerprint density at radius 1 is 1.14 bits per heavy atom. The normalized spacial score (nSPS) is 18.4. The molecule has 1 aliphatic heterocycles. The molecule has 0 bridgehead atoms. The third-order valence-corrected chi connectivity index (χ3v) is 5.53. The Labute approximate surface area is 170 Å². The fraction of sp³-hybridized carbons (Fsp3) is 0.476. The van der Waals surface area contributed by atoms with Crippen LogP contribution in [0.1, 0.15) is 52.5 Å². The van der Waals surface area contributed by atoms with E-state index in [4.69, 9.17) is 5.11 Å². The van der Waals surface area contributed by atoms with Crippen molar-refractivity contribution in [2.75, 3.05) is 19.6 Å². The number of carbonyl (C=O) groups excluding carboxylic acids is 1. The Balaban J connectivity index is 1.73. The monoisotopic (exact) mass is 397 g/mol. The van der Waals surface area contributed by atoms with Crippen LogP contribution in [-0.4, -0.2) is 67.4 Å². The molecule has 2 aromatic rings. The number of pyridine rings is 1. The molecule has 3 rings (SSSR count). The van der Waals surface area contributed by atoms with Crippen LogP contribution in [0.3, 0.4) is 0 Å². The first-order chi connectivity index (χ1) is 13.9. The average molecular weight is 397 g/mol. The first-order valence-electron chi connectivity index (χ1n) is 9.89. The number of carboxylic acids is 1. The molecule has 154 valence electrons. The number of hydrogen-bond donors (Lipinski definition) is 1. The maximum absolute atomic E-state index is 13.1. The van der Waals surface area contributed by atoms with Gasteiger partial charge in [-0.25, -0.2) is 14.8 Å². The summed E-state index contributed by atoms with van der Waals surface area (Å²) in [6.07, 6.45) is 5.25.